The van der Waals surface area contributed by atoms with E-state index in [1.807, 2.05) is 23.5 Å². The molecule has 0 fully saturated rings. The first-order valence-electron chi connectivity index (χ1n) is 8.58. The van der Waals surface area contributed by atoms with Crippen molar-refractivity contribution < 1.29 is 0 Å². The molecular formula is C23H24S2. The van der Waals surface area contributed by atoms with Gasteiger partial charge in [0.25, 0.3) is 0 Å². The highest BCUT2D eigenvalue weighted by atomic mass is 32.2. The van der Waals surface area contributed by atoms with E-state index in [1.54, 1.807) is 0 Å². The highest BCUT2D eigenvalue weighted by Gasteiger charge is 2.28. The first-order chi connectivity index (χ1) is 12.0. The van der Waals surface area contributed by atoms with E-state index < -0.39 is 0 Å². The van der Waals surface area contributed by atoms with E-state index in [0.717, 1.165) is 6.42 Å². The van der Waals surface area contributed by atoms with E-state index in [0.29, 0.717) is 0 Å². The van der Waals surface area contributed by atoms with Crippen LogP contribution in [0.5, 0.6) is 0 Å². The summed E-state index contributed by atoms with van der Waals surface area (Å²) in [7, 11) is 0. The van der Waals surface area contributed by atoms with Crippen molar-refractivity contribution >= 4 is 23.5 Å². The summed E-state index contributed by atoms with van der Waals surface area (Å²) in [4.78, 5) is 2.66. The Kier molecular flexibility index (Phi) is 5.93. The van der Waals surface area contributed by atoms with Gasteiger partial charge in [-0.05, 0) is 57.0 Å². The summed E-state index contributed by atoms with van der Waals surface area (Å²) in [6, 6.07) is 28.4. The fourth-order valence-corrected chi connectivity index (χ4v) is 5.92. The minimum Gasteiger partial charge on any atom is -0.108 e. The molecule has 0 heterocycles. The van der Waals surface area contributed by atoms with Gasteiger partial charge in [0.15, 0.2) is 0 Å². The molecule has 0 saturated carbocycles. The highest BCUT2D eigenvalue weighted by molar-refractivity contribution is 8.18. The Bertz CT molecular complexity index is 777. The van der Waals surface area contributed by atoms with Gasteiger partial charge in [-0.2, -0.15) is 0 Å². The van der Waals surface area contributed by atoms with Gasteiger partial charge >= 0.3 is 0 Å². The van der Waals surface area contributed by atoms with E-state index >= 15 is 0 Å². The Morgan fingerprint density at radius 1 is 0.680 bits per heavy atom. The zero-order chi connectivity index (χ0) is 17.7. The third-order valence-electron chi connectivity index (χ3n) is 4.01. The van der Waals surface area contributed by atoms with Crippen molar-refractivity contribution in [3.8, 4) is 0 Å². The molecule has 0 nitrogen and oxygen atoms in total. The highest BCUT2D eigenvalue weighted by Crippen LogP contribution is 2.47. The molecule has 0 bridgehead atoms. The van der Waals surface area contributed by atoms with Crippen LogP contribution in [0.25, 0.3) is 0 Å². The second-order valence-electron chi connectivity index (χ2n) is 6.63. The van der Waals surface area contributed by atoms with E-state index in [-0.39, 0.29) is 4.08 Å². The van der Waals surface area contributed by atoms with Gasteiger partial charge in [-0.1, -0.05) is 65.7 Å². The third kappa shape index (κ3) is 5.42. The number of hydrogen-bond donors (Lipinski definition) is 0. The minimum absolute atomic E-state index is 0.0307. The summed E-state index contributed by atoms with van der Waals surface area (Å²) in [5.41, 5.74) is 4.01. The molecule has 3 aromatic carbocycles. The van der Waals surface area contributed by atoms with Crippen molar-refractivity contribution in [2.75, 3.05) is 0 Å². The van der Waals surface area contributed by atoms with Gasteiger partial charge in [0.1, 0.15) is 0 Å². The molecule has 0 aliphatic rings. The predicted octanol–water partition coefficient (Wildman–Crippen LogP) is 7.15. The lowest BCUT2D eigenvalue weighted by molar-refractivity contribution is 0.877. The summed E-state index contributed by atoms with van der Waals surface area (Å²) in [5, 5.41) is 0. The van der Waals surface area contributed by atoms with Crippen molar-refractivity contribution in [2.24, 2.45) is 0 Å². The summed E-state index contributed by atoms with van der Waals surface area (Å²) >= 11 is 3.93. The van der Waals surface area contributed by atoms with Gasteiger partial charge in [0.2, 0.25) is 0 Å². The monoisotopic (exact) mass is 364 g/mol. The summed E-state index contributed by atoms with van der Waals surface area (Å²) in [5.74, 6) is 0. The average molecular weight is 365 g/mol. The van der Waals surface area contributed by atoms with Crippen LogP contribution in [0.15, 0.2) is 88.7 Å². The van der Waals surface area contributed by atoms with Crippen LogP contribution in [-0.2, 0) is 6.42 Å². The summed E-state index contributed by atoms with van der Waals surface area (Å²) < 4.78 is 0.0307. The summed E-state index contributed by atoms with van der Waals surface area (Å²) in [6.45, 7) is 6.68. The van der Waals surface area contributed by atoms with E-state index in [2.05, 4.69) is 99.6 Å². The molecule has 0 spiro atoms. The Labute approximate surface area is 160 Å². The summed E-state index contributed by atoms with van der Waals surface area (Å²) in [6.07, 6.45) is 1.02. The Morgan fingerprint density at radius 2 is 1.20 bits per heavy atom. The standard InChI is InChI=1S/C23H24S2/c1-18-9-7-13-21(15-18)24-23(3,17-20-11-5-4-6-12-20)25-22-14-8-10-19(2)16-22/h4-16H,17H2,1-3H3. The van der Waals surface area contributed by atoms with Crippen molar-refractivity contribution in [1.82, 2.24) is 0 Å². The smallest absolute Gasteiger partial charge is 0.0717 e. The molecule has 0 aliphatic heterocycles. The van der Waals surface area contributed by atoms with Gasteiger partial charge in [-0.3, -0.25) is 0 Å². The molecule has 3 aromatic rings. The van der Waals surface area contributed by atoms with E-state index in [1.165, 1.54) is 26.5 Å². The maximum atomic E-state index is 2.36. The van der Waals surface area contributed by atoms with Crippen LogP contribution in [-0.4, -0.2) is 4.08 Å². The van der Waals surface area contributed by atoms with Crippen LogP contribution in [0.3, 0.4) is 0 Å². The molecule has 0 aromatic heterocycles. The molecule has 0 amide bonds. The molecule has 0 atom stereocenters. The number of benzene rings is 3. The molecule has 0 unspecified atom stereocenters. The van der Waals surface area contributed by atoms with E-state index in [4.69, 9.17) is 0 Å². The second-order valence-corrected chi connectivity index (χ2v) is 10.0. The van der Waals surface area contributed by atoms with Crippen LogP contribution in [0, 0.1) is 13.8 Å². The molecular weight excluding hydrogens is 340 g/mol. The average Bonchev–Trinajstić information content (AvgIpc) is 2.55. The van der Waals surface area contributed by atoms with Crippen LogP contribution < -0.4 is 0 Å². The molecule has 3 rings (SSSR count). The largest absolute Gasteiger partial charge is 0.108 e. The van der Waals surface area contributed by atoms with Gasteiger partial charge in [0.05, 0.1) is 4.08 Å². The lowest BCUT2D eigenvalue weighted by Crippen LogP contribution is -2.18. The van der Waals surface area contributed by atoms with Crippen LogP contribution in [0.1, 0.15) is 23.6 Å². The van der Waals surface area contributed by atoms with Crippen molar-refractivity contribution in [3.05, 3.63) is 95.6 Å². The zero-order valence-electron chi connectivity index (χ0n) is 15.0. The Hall–Kier alpha value is -1.64. The van der Waals surface area contributed by atoms with Crippen molar-refractivity contribution in [1.29, 1.82) is 0 Å². The fourth-order valence-electron chi connectivity index (χ4n) is 2.92. The zero-order valence-corrected chi connectivity index (χ0v) is 16.7. The lowest BCUT2D eigenvalue weighted by atomic mass is 10.1. The molecule has 0 saturated heterocycles. The van der Waals surface area contributed by atoms with E-state index in [9.17, 15) is 0 Å². The van der Waals surface area contributed by atoms with Crippen LogP contribution in [0.2, 0.25) is 0 Å². The maximum Gasteiger partial charge on any atom is 0.0717 e. The van der Waals surface area contributed by atoms with Crippen LogP contribution >= 0.6 is 23.5 Å². The van der Waals surface area contributed by atoms with Gasteiger partial charge in [0, 0.05) is 9.79 Å². The molecule has 25 heavy (non-hydrogen) atoms. The number of rotatable bonds is 6. The Morgan fingerprint density at radius 3 is 1.68 bits per heavy atom. The SMILES string of the molecule is Cc1cccc(SC(C)(Cc2ccccc2)Sc2cccc(C)c2)c1. The molecule has 0 aliphatic carbocycles. The van der Waals surface area contributed by atoms with Crippen molar-refractivity contribution in [3.63, 3.8) is 0 Å². The number of thioether (sulfide) groups is 2. The first kappa shape index (κ1) is 18.2. The molecule has 0 N–H and O–H groups in total. The maximum absolute atomic E-state index is 2.36. The van der Waals surface area contributed by atoms with Gasteiger partial charge in [-0.15, -0.1) is 23.5 Å². The van der Waals surface area contributed by atoms with Gasteiger partial charge < -0.3 is 0 Å². The predicted molar refractivity (Wildman–Crippen MR) is 113 cm³/mol. The first-order valence-corrected chi connectivity index (χ1v) is 10.2. The topological polar surface area (TPSA) is 0 Å². The molecule has 128 valence electrons. The Balaban J connectivity index is 1.89. The fraction of sp³-hybridized carbons (Fsp3) is 0.217. The minimum atomic E-state index is 0.0307. The molecule has 2 heteroatoms. The third-order valence-corrected chi connectivity index (χ3v) is 6.65. The normalized spacial score (nSPS) is 11.5. The van der Waals surface area contributed by atoms with Crippen molar-refractivity contribution in [2.45, 2.75) is 41.1 Å². The van der Waals surface area contributed by atoms with Gasteiger partial charge in [-0.25, -0.2) is 0 Å². The molecule has 0 radical (unpaired) electrons. The quantitative estimate of drug-likeness (QED) is 0.336. The second kappa shape index (κ2) is 8.16. The number of aryl methyl sites for hydroxylation is 2. The van der Waals surface area contributed by atoms with Crippen LogP contribution in [0.4, 0.5) is 0 Å². The lowest BCUT2D eigenvalue weighted by Gasteiger charge is -2.29. The number of hydrogen-bond acceptors (Lipinski definition) is 2.